The van der Waals surface area contributed by atoms with Crippen molar-refractivity contribution in [3.05, 3.63) is 0 Å². The van der Waals surface area contributed by atoms with E-state index in [0.717, 1.165) is 19.3 Å². The van der Waals surface area contributed by atoms with Gasteiger partial charge in [0, 0.05) is 0 Å². The molecule has 0 fully saturated rings. The Morgan fingerprint density at radius 2 is 1.37 bits per heavy atom. The molecule has 108 valence electrons. The number of carboxylic acids is 2. The quantitative estimate of drug-likeness (QED) is 0.367. The number of rotatable bonds is 10. The van der Waals surface area contributed by atoms with Crippen LogP contribution in [0.15, 0.2) is 0 Å². The Kier molecular flexibility index (Phi) is 12.0. The van der Waals surface area contributed by atoms with Crippen LogP contribution in [-0.2, 0) is 9.59 Å². The molecule has 0 radical (unpaired) electrons. The van der Waals surface area contributed by atoms with Crippen LogP contribution in [0.25, 0.3) is 0 Å². The van der Waals surface area contributed by atoms with Crippen LogP contribution in [0.1, 0.15) is 65.7 Å². The molecule has 5 heteroatoms. The van der Waals surface area contributed by atoms with Crippen molar-refractivity contribution in [2.75, 3.05) is 0 Å². The molecule has 0 spiro atoms. The molecule has 2 N–H and O–H groups in total. The summed E-state index contributed by atoms with van der Waals surface area (Å²) in [4.78, 5) is 22.6. The van der Waals surface area contributed by atoms with Gasteiger partial charge in [0.25, 0.3) is 0 Å². The monoisotopic (exact) mass is 282 g/mol. The molecule has 0 amide bonds. The van der Waals surface area contributed by atoms with Crippen molar-refractivity contribution in [3.63, 3.8) is 0 Å². The average Bonchev–Trinajstić information content (AvgIpc) is 2.26. The Morgan fingerprint density at radius 3 is 1.74 bits per heavy atom. The molecule has 0 saturated carbocycles. The van der Waals surface area contributed by atoms with Crippen molar-refractivity contribution in [1.29, 1.82) is 0 Å². The van der Waals surface area contributed by atoms with Crippen LogP contribution < -0.4 is 0 Å². The maximum absolute atomic E-state index is 11.3. The summed E-state index contributed by atoms with van der Waals surface area (Å²) in [7, 11) is 0. The van der Waals surface area contributed by atoms with E-state index in [1.165, 1.54) is 12.8 Å². The van der Waals surface area contributed by atoms with Crippen molar-refractivity contribution >= 4 is 41.5 Å². The summed E-state index contributed by atoms with van der Waals surface area (Å²) in [5, 5.41) is 18.4. The number of hydrogen-bond acceptors (Lipinski definition) is 2. The molecule has 0 saturated heterocycles. The molecule has 0 aromatic carbocycles. The average molecular weight is 282 g/mol. The molecule has 0 aromatic heterocycles. The van der Waals surface area contributed by atoms with E-state index in [1.54, 1.807) is 13.8 Å². The normalized spacial score (nSPS) is 11.2. The second-order valence-electron chi connectivity index (χ2n) is 5.25. The number of aliphatic carboxylic acids is 2. The summed E-state index contributed by atoms with van der Waals surface area (Å²) in [6.07, 6.45) is 6.36. The van der Waals surface area contributed by atoms with Crippen LogP contribution in [-0.4, -0.2) is 51.7 Å². The van der Waals surface area contributed by atoms with E-state index in [4.69, 9.17) is 0 Å². The second kappa shape index (κ2) is 10.7. The summed E-state index contributed by atoms with van der Waals surface area (Å²) in [6.45, 7) is 5.47. The predicted octanol–water partition coefficient (Wildman–Crippen LogP) is 2.90. The zero-order valence-electron chi connectivity index (χ0n) is 11.7. The van der Waals surface area contributed by atoms with Gasteiger partial charge in [0.15, 0.2) is 5.41 Å². The summed E-state index contributed by atoms with van der Waals surface area (Å²) < 4.78 is 0. The van der Waals surface area contributed by atoms with Gasteiger partial charge in [-0.3, -0.25) is 9.59 Å². The number of hydrogen-bond donors (Lipinski definition) is 2. The van der Waals surface area contributed by atoms with Gasteiger partial charge in [0.2, 0.25) is 0 Å². The molecule has 19 heavy (non-hydrogen) atoms. The van der Waals surface area contributed by atoms with Gasteiger partial charge in [0.05, 0.1) is 0 Å². The van der Waals surface area contributed by atoms with Gasteiger partial charge in [-0.1, -0.05) is 59.3 Å². The van der Waals surface area contributed by atoms with Gasteiger partial charge in [0.1, 0.15) is 0 Å². The van der Waals surface area contributed by atoms with E-state index in [9.17, 15) is 19.8 Å². The van der Waals surface area contributed by atoms with Gasteiger partial charge in [-0.2, -0.15) is 0 Å². The molecule has 0 heterocycles. The Morgan fingerprint density at radius 1 is 0.947 bits per heavy atom. The molecular formula is C14H27NaO4. The first-order chi connectivity index (χ1) is 8.39. The van der Waals surface area contributed by atoms with E-state index >= 15 is 0 Å². The topological polar surface area (TPSA) is 74.6 Å². The molecule has 0 aliphatic heterocycles. The summed E-state index contributed by atoms with van der Waals surface area (Å²) in [5.41, 5.74) is -1.62. The second-order valence-corrected chi connectivity index (χ2v) is 5.25. The summed E-state index contributed by atoms with van der Waals surface area (Å²) >= 11 is 0. The van der Waals surface area contributed by atoms with Gasteiger partial charge in [-0.25, -0.2) is 0 Å². The molecule has 4 nitrogen and oxygen atoms in total. The Bertz CT molecular complexity index is 263. The standard InChI is InChI=1S/C14H26O4.Na.H/c1-4-5-6-7-8-9-10-14(11(2)3,12(15)16)13(17)18;;/h11H,4-10H2,1-3H3,(H,15,16)(H,17,18);;. The summed E-state index contributed by atoms with van der Waals surface area (Å²) in [6, 6.07) is 0. The first-order valence-corrected chi connectivity index (χ1v) is 6.86. The van der Waals surface area contributed by atoms with Crippen molar-refractivity contribution in [1.82, 2.24) is 0 Å². The molecule has 0 atom stereocenters. The molecule has 0 aromatic rings. The Labute approximate surface area is 138 Å². The zero-order valence-corrected chi connectivity index (χ0v) is 11.7. The zero-order chi connectivity index (χ0) is 14.2. The third-order valence-electron chi connectivity index (χ3n) is 3.67. The van der Waals surface area contributed by atoms with Crippen molar-refractivity contribution in [3.8, 4) is 0 Å². The van der Waals surface area contributed by atoms with Crippen LogP contribution in [0.4, 0.5) is 0 Å². The van der Waals surface area contributed by atoms with Crippen molar-refractivity contribution < 1.29 is 19.8 Å². The SMILES string of the molecule is CCCCCCCCC(C(=O)O)(C(=O)O)C(C)C.[NaH]. The van der Waals surface area contributed by atoms with E-state index in [-0.39, 0.29) is 36.0 Å². The fraction of sp³-hybridized carbons (Fsp3) is 0.857. The van der Waals surface area contributed by atoms with Crippen molar-refractivity contribution in [2.24, 2.45) is 11.3 Å². The Hall–Kier alpha value is -0.0600. The van der Waals surface area contributed by atoms with E-state index in [2.05, 4.69) is 6.92 Å². The first kappa shape index (κ1) is 21.2. The van der Waals surface area contributed by atoms with Crippen LogP contribution in [0.3, 0.4) is 0 Å². The predicted molar refractivity (Wildman–Crippen MR) is 77.7 cm³/mol. The number of carboxylic acid groups (broad SMARTS) is 2. The third kappa shape index (κ3) is 6.28. The van der Waals surface area contributed by atoms with Gasteiger partial charge in [-0.15, -0.1) is 0 Å². The van der Waals surface area contributed by atoms with Gasteiger partial charge < -0.3 is 10.2 Å². The fourth-order valence-electron chi connectivity index (χ4n) is 2.27. The molecule has 0 aliphatic carbocycles. The molecule has 0 aliphatic rings. The van der Waals surface area contributed by atoms with Crippen LogP contribution in [0.2, 0.25) is 0 Å². The first-order valence-electron chi connectivity index (χ1n) is 6.86. The fourth-order valence-corrected chi connectivity index (χ4v) is 2.27. The van der Waals surface area contributed by atoms with E-state index < -0.39 is 23.3 Å². The summed E-state index contributed by atoms with van der Waals surface area (Å²) in [5.74, 6) is -2.82. The number of carbonyl (C=O) groups is 2. The maximum atomic E-state index is 11.3. The van der Waals surface area contributed by atoms with Crippen LogP contribution in [0, 0.1) is 11.3 Å². The third-order valence-corrected chi connectivity index (χ3v) is 3.67. The molecule has 0 bridgehead atoms. The van der Waals surface area contributed by atoms with Gasteiger partial charge in [-0.05, 0) is 12.3 Å². The van der Waals surface area contributed by atoms with Gasteiger partial charge >= 0.3 is 41.5 Å². The van der Waals surface area contributed by atoms with E-state index in [1.807, 2.05) is 0 Å². The minimum absolute atomic E-state index is 0. The van der Waals surface area contributed by atoms with Crippen LogP contribution in [0.5, 0.6) is 0 Å². The Balaban J connectivity index is 0. The van der Waals surface area contributed by atoms with Crippen molar-refractivity contribution in [2.45, 2.75) is 65.7 Å². The molecule has 0 unspecified atom stereocenters. The van der Waals surface area contributed by atoms with E-state index in [0.29, 0.717) is 6.42 Å². The molecule has 0 rings (SSSR count). The number of unbranched alkanes of at least 4 members (excludes halogenated alkanes) is 5. The molecular weight excluding hydrogens is 255 g/mol. The van der Waals surface area contributed by atoms with Crippen LogP contribution >= 0.6 is 0 Å². The minimum atomic E-state index is -1.62.